The largest absolute Gasteiger partial charge is 0.373 e. The number of halogens is 1. The van der Waals surface area contributed by atoms with E-state index in [2.05, 4.69) is 33.6 Å². The van der Waals surface area contributed by atoms with Crippen molar-refractivity contribution in [1.29, 1.82) is 0 Å². The minimum absolute atomic E-state index is 0.345. The second kappa shape index (κ2) is 7.67. The van der Waals surface area contributed by atoms with Gasteiger partial charge in [0.15, 0.2) is 0 Å². The van der Waals surface area contributed by atoms with Crippen molar-refractivity contribution >= 4 is 28.3 Å². The summed E-state index contributed by atoms with van der Waals surface area (Å²) in [6.45, 7) is 9.76. The fourth-order valence-electron chi connectivity index (χ4n) is 4.39. The summed E-state index contributed by atoms with van der Waals surface area (Å²) < 4.78 is 5.86. The van der Waals surface area contributed by atoms with Crippen LogP contribution >= 0.6 is 11.6 Å². The first-order chi connectivity index (χ1) is 12.6. The fourth-order valence-corrected chi connectivity index (χ4v) is 4.56. The third kappa shape index (κ3) is 3.95. The molecule has 5 nitrogen and oxygen atoms in total. The van der Waals surface area contributed by atoms with Crippen LogP contribution in [0.2, 0.25) is 5.02 Å². The lowest BCUT2D eigenvalue weighted by atomic mass is 9.95. The molecule has 0 bridgehead atoms. The number of anilines is 1. The van der Waals surface area contributed by atoms with Crippen LogP contribution in [0.3, 0.4) is 0 Å². The average molecular weight is 375 g/mol. The Hall–Kier alpha value is -1.43. The zero-order chi connectivity index (χ0) is 18.1. The second-order valence-electron chi connectivity index (χ2n) is 7.77. The molecule has 0 N–H and O–H groups in total. The molecule has 1 aromatic heterocycles. The predicted octanol–water partition coefficient (Wildman–Crippen LogP) is 3.61. The zero-order valence-electron chi connectivity index (χ0n) is 15.6. The molecule has 4 rings (SSSR count). The minimum Gasteiger partial charge on any atom is -0.373 e. The number of rotatable bonds is 3. The third-order valence-electron chi connectivity index (χ3n) is 5.50. The molecular weight excluding hydrogens is 348 g/mol. The highest BCUT2D eigenvalue weighted by Gasteiger charge is 2.27. The molecule has 2 aromatic rings. The van der Waals surface area contributed by atoms with Crippen molar-refractivity contribution in [3.05, 3.63) is 29.5 Å². The van der Waals surface area contributed by atoms with Gasteiger partial charge in [0.05, 0.1) is 17.7 Å². The Kier molecular flexibility index (Phi) is 5.30. The lowest BCUT2D eigenvalue weighted by Crippen LogP contribution is -2.48. The highest BCUT2D eigenvalue weighted by Crippen LogP contribution is 2.29. The SMILES string of the molecule is CC1CN(CC2CCN(c3ncnc4cc(Cl)ccc34)CC2)CC(C)O1. The summed E-state index contributed by atoms with van der Waals surface area (Å²) in [5.41, 5.74) is 0.918. The summed E-state index contributed by atoms with van der Waals surface area (Å²) in [4.78, 5) is 13.9. The molecule has 0 spiro atoms. The monoisotopic (exact) mass is 374 g/mol. The van der Waals surface area contributed by atoms with Crippen LogP contribution in [-0.2, 0) is 4.74 Å². The maximum absolute atomic E-state index is 6.10. The standard InChI is InChI=1S/C20H27ClN4O/c1-14-10-24(11-15(2)26-14)12-16-5-7-25(8-6-16)20-18-4-3-17(21)9-19(18)22-13-23-20/h3-4,9,13-16H,5-8,10-12H2,1-2H3. The highest BCUT2D eigenvalue weighted by atomic mass is 35.5. The molecule has 3 heterocycles. The van der Waals surface area contributed by atoms with Crippen LogP contribution in [-0.4, -0.2) is 59.8 Å². The van der Waals surface area contributed by atoms with E-state index in [0.29, 0.717) is 12.2 Å². The maximum Gasteiger partial charge on any atom is 0.139 e. The number of piperidine rings is 1. The molecule has 6 heteroatoms. The Balaban J connectivity index is 1.39. The van der Waals surface area contributed by atoms with Crippen molar-refractivity contribution in [2.45, 2.75) is 38.9 Å². The molecule has 2 fully saturated rings. The summed E-state index contributed by atoms with van der Waals surface area (Å²) in [6, 6.07) is 5.87. The molecule has 140 valence electrons. The first kappa shape index (κ1) is 18.0. The van der Waals surface area contributed by atoms with Gasteiger partial charge >= 0.3 is 0 Å². The van der Waals surface area contributed by atoms with Crippen molar-refractivity contribution in [2.24, 2.45) is 5.92 Å². The number of nitrogens with zero attached hydrogens (tertiary/aromatic N) is 4. The van der Waals surface area contributed by atoms with E-state index in [-0.39, 0.29) is 0 Å². The maximum atomic E-state index is 6.10. The van der Waals surface area contributed by atoms with Crippen LogP contribution < -0.4 is 4.90 Å². The van der Waals surface area contributed by atoms with Crippen LogP contribution in [0.1, 0.15) is 26.7 Å². The molecule has 2 saturated heterocycles. The number of hydrogen-bond donors (Lipinski definition) is 0. The number of benzene rings is 1. The zero-order valence-corrected chi connectivity index (χ0v) is 16.3. The normalized spacial score (nSPS) is 25.7. The van der Waals surface area contributed by atoms with E-state index in [1.165, 1.54) is 19.4 Å². The van der Waals surface area contributed by atoms with E-state index < -0.39 is 0 Å². The van der Waals surface area contributed by atoms with Crippen LogP contribution in [0.25, 0.3) is 10.9 Å². The van der Waals surface area contributed by atoms with Gasteiger partial charge in [0.2, 0.25) is 0 Å². The Morgan fingerprint density at radius 2 is 1.85 bits per heavy atom. The summed E-state index contributed by atoms with van der Waals surface area (Å²) in [6.07, 6.45) is 4.76. The van der Waals surface area contributed by atoms with E-state index in [4.69, 9.17) is 16.3 Å². The van der Waals surface area contributed by atoms with E-state index in [1.807, 2.05) is 18.2 Å². The van der Waals surface area contributed by atoms with Gasteiger partial charge in [-0.05, 0) is 50.8 Å². The number of aromatic nitrogens is 2. The number of morpholine rings is 1. The topological polar surface area (TPSA) is 41.5 Å². The third-order valence-corrected chi connectivity index (χ3v) is 5.74. The molecular formula is C20H27ClN4O. The van der Waals surface area contributed by atoms with Gasteiger partial charge in [0, 0.05) is 43.1 Å². The Bertz CT molecular complexity index is 753. The quantitative estimate of drug-likeness (QED) is 0.820. The number of hydrogen-bond acceptors (Lipinski definition) is 5. The van der Waals surface area contributed by atoms with E-state index in [0.717, 1.165) is 53.8 Å². The number of ether oxygens (including phenoxy) is 1. The molecule has 1 aromatic carbocycles. The molecule has 2 aliphatic rings. The number of fused-ring (bicyclic) bond motifs is 1. The predicted molar refractivity (Wildman–Crippen MR) is 106 cm³/mol. The van der Waals surface area contributed by atoms with Crippen molar-refractivity contribution in [3.8, 4) is 0 Å². The summed E-state index contributed by atoms with van der Waals surface area (Å²) in [7, 11) is 0. The Labute approximate surface area is 160 Å². The molecule has 2 atom stereocenters. The molecule has 0 saturated carbocycles. The first-order valence-corrected chi connectivity index (χ1v) is 9.99. The molecule has 2 unspecified atom stereocenters. The highest BCUT2D eigenvalue weighted by molar-refractivity contribution is 6.31. The van der Waals surface area contributed by atoms with Crippen LogP contribution in [0.15, 0.2) is 24.5 Å². The van der Waals surface area contributed by atoms with Gasteiger partial charge in [-0.15, -0.1) is 0 Å². The van der Waals surface area contributed by atoms with Crippen molar-refractivity contribution in [1.82, 2.24) is 14.9 Å². The lowest BCUT2D eigenvalue weighted by Gasteiger charge is -2.39. The summed E-state index contributed by atoms with van der Waals surface area (Å²) >= 11 is 6.10. The van der Waals surface area contributed by atoms with Crippen LogP contribution in [0.4, 0.5) is 5.82 Å². The smallest absolute Gasteiger partial charge is 0.139 e. The van der Waals surface area contributed by atoms with Gasteiger partial charge in [-0.2, -0.15) is 0 Å². The van der Waals surface area contributed by atoms with Crippen molar-refractivity contribution in [3.63, 3.8) is 0 Å². The van der Waals surface area contributed by atoms with Crippen LogP contribution in [0.5, 0.6) is 0 Å². The molecule has 26 heavy (non-hydrogen) atoms. The Morgan fingerprint density at radius 1 is 1.12 bits per heavy atom. The molecule has 0 aliphatic carbocycles. The second-order valence-corrected chi connectivity index (χ2v) is 8.20. The van der Waals surface area contributed by atoms with Crippen molar-refractivity contribution < 1.29 is 4.74 Å². The van der Waals surface area contributed by atoms with Crippen molar-refractivity contribution in [2.75, 3.05) is 37.6 Å². The van der Waals surface area contributed by atoms with Crippen LogP contribution in [0, 0.1) is 5.92 Å². The van der Waals surface area contributed by atoms with E-state index in [1.54, 1.807) is 6.33 Å². The molecule has 2 aliphatic heterocycles. The van der Waals surface area contributed by atoms with Gasteiger partial charge in [0.25, 0.3) is 0 Å². The first-order valence-electron chi connectivity index (χ1n) is 9.61. The van der Waals surface area contributed by atoms with Gasteiger partial charge in [-0.3, -0.25) is 4.90 Å². The fraction of sp³-hybridized carbons (Fsp3) is 0.600. The van der Waals surface area contributed by atoms with Gasteiger partial charge < -0.3 is 9.64 Å². The molecule has 0 radical (unpaired) electrons. The van der Waals surface area contributed by atoms with Gasteiger partial charge in [-0.25, -0.2) is 9.97 Å². The summed E-state index contributed by atoms with van der Waals surface area (Å²) in [5, 5.41) is 1.81. The average Bonchev–Trinajstić information content (AvgIpc) is 2.61. The van der Waals surface area contributed by atoms with Gasteiger partial charge in [0.1, 0.15) is 12.1 Å². The van der Waals surface area contributed by atoms with E-state index in [9.17, 15) is 0 Å². The van der Waals surface area contributed by atoms with Gasteiger partial charge in [-0.1, -0.05) is 11.6 Å². The molecule has 0 amide bonds. The lowest BCUT2D eigenvalue weighted by molar-refractivity contribution is -0.0720. The summed E-state index contributed by atoms with van der Waals surface area (Å²) in [5.74, 6) is 1.80. The minimum atomic E-state index is 0.345. The Morgan fingerprint density at radius 3 is 2.58 bits per heavy atom. The van der Waals surface area contributed by atoms with E-state index >= 15 is 0 Å².